The maximum Gasteiger partial charge on any atom is 0.159 e. The van der Waals surface area contributed by atoms with E-state index in [4.69, 9.17) is 0 Å². The standard InChI is InChI=1S/C14H10N4O/c19-8-5-6-9-12(7-8)17-18-13(9)14-15-10-3-1-2-4-11(10)16-14/h1-7,19H,(H,15,16)(H,17,18). The van der Waals surface area contributed by atoms with E-state index in [0.29, 0.717) is 0 Å². The Morgan fingerprint density at radius 3 is 2.79 bits per heavy atom. The minimum atomic E-state index is 0.215. The van der Waals surface area contributed by atoms with Gasteiger partial charge >= 0.3 is 0 Å². The first kappa shape index (κ1) is 10.1. The Kier molecular flexibility index (Phi) is 1.91. The first-order valence-electron chi connectivity index (χ1n) is 5.93. The van der Waals surface area contributed by atoms with Crippen LogP contribution in [0.3, 0.4) is 0 Å². The van der Waals surface area contributed by atoms with E-state index in [1.807, 2.05) is 30.3 Å². The lowest BCUT2D eigenvalue weighted by molar-refractivity contribution is 0.476. The molecule has 0 radical (unpaired) electrons. The molecule has 0 aliphatic heterocycles. The van der Waals surface area contributed by atoms with E-state index in [0.717, 1.165) is 33.5 Å². The Balaban J connectivity index is 1.98. The second-order valence-corrected chi connectivity index (χ2v) is 4.40. The number of hydrogen-bond acceptors (Lipinski definition) is 3. The van der Waals surface area contributed by atoms with E-state index < -0.39 is 0 Å². The Morgan fingerprint density at radius 1 is 1.00 bits per heavy atom. The van der Waals surface area contributed by atoms with Crippen LogP contribution in [0, 0.1) is 0 Å². The molecule has 2 heterocycles. The van der Waals surface area contributed by atoms with E-state index in [-0.39, 0.29) is 5.75 Å². The molecule has 0 unspecified atom stereocenters. The van der Waals surface area contributed by atoms with Gasteiger partial charge in [0.2, 0.25) is 0 Å². The molecule has 4 aromatic rings. The Bertz CT molecular complexity index is 858. The highest BCUT2D eigenvalue weighted by Crippen LogP contribution is 2.27. The fraction of sp³-hybridized carbons (Fsp3) is 0. The van der Waals surface area contributed by atoms with Gasteiger partial charge in [-0.15, -0.1) is 0 Å². The molecular formula is C14H10N4O. The summed E-state index contributed by atoms with van der Waals surface area (Å²) in [6.07, 6.45) is 0. The smallest absolute Gasteiger partial charge is 0.159 e. The van der Waals surface area contributed by atoms with Gasteiger partial charge in [0.05, 0.1) is 16.6 Å². The van der Waals surface area contributed by atoms with Crippen LogP contribution in [-0.2, 0) is 0 Å². The minimum absolute atomic E-state index is 0.215. The lowest BCUT2D eigenvalue weighted by Gasteiger charge is -1.93. The molecule has 5 nitrogen and oxygen atoms in total. The lowest BCUT2D eigenvalue weighted by Crippen LogP contribution is -1.80. The molecule has 0 saturated carbocycles. The van der Waals surface area contributed by atoms with Gasteiger partial charge in [-0.05, 0) is 24.3 Å². The number of benzene rings is 2. The van der Waals surface area contributed by atoms with Crippen molar-refractivity contribution in [3.8, 4) is 17.3 Å². The molecule has 4 rings (SSSR count). The lowest BCUT2D eigenvalue weighted by atomic mass is 10.2. The third-order valence-corrected chi connectivity index (χ3v) is 3.16. The highest BCUT2D eigenvalue weighted by atomic mass is 16.3. The Morgan fingerprint density at radius 2 is 1.89 bits per heavy atom. The first-order valence-corrected chi connectivity index (χ1v) is 5.93. The van der Waals surface area contributed by atoms with E-state index in [1.165, 1.54) is 0 Å². The van der Waals surface area contributed by atoms with E-state index in [1.54, 1.807) is 12.1 Å². The number of aromatic hydroxyl groups is 1. The molecule has 0 amide bonds. The Hall–Kier alpha value is -2.82. The number of hydrogen-bond donors (Lipinski definition) is 3. The van der Waals surface area contributed by atoms with Gasteiger partial charge in [0, 0.05) is 11.5 Å². The molecule has 19 heavy (non-hydrogen) atoms. The van der Waals surface area contributed by atoms with Crippen LogP contribution < -0.4 is 0 Å². The summed E-state index contributed by atoms with van der Waals surface area (Å²) in [4.78, 5) is 7.78. The van der Waals surface area contributed by atoms with Crippen molar-refractivity contribution < 1.29 is 5.11 Å². The normalized spacial score (nSPS) is 11.4. The van der Waals surface area contributed by atoms with E-state index in [9.17, 15) is 5.11 Å². The average Bonchev–Trinajstić information content (AvgIpc) is 3.00. The van der Waals surface area contributed by atoms with Gasteiger partial charge in [-0.3, -0.25) is 5.10 Å². The monoisotopic (exact) mass is 250 g/mol. The van der Waals surface area contributed by atoms with Crippen LogP contribution in [0.2, 0.25) is 0 Å². The number of nitrogens with zero attached hydrogens (tertiary/aromatic N) is 2. The summed E-state index contributed by atoms with van der Waals surface area (Å²) in [5, 5.41) is 17.6. The van der Waals surface area contributed by atoms with Crippen molar-refractivity contribution in [3.05, 3.63) is 42.5 Å². The zero-order valence-corrected chi connectivity index (χ0v) is 9.88. The fourth-order valence-electron chi connectivity index (χ4n) is 2.25. The van der Waals surface area contributed by atoms with Crippen molar-refractivity contribution in [2.75, 3.05) is 0 Å². The van der Waals surface area contributed by atoms with Crippen LogP contribution in [0.15, 0.2) is 42.5 Å². The summed E-state index contributed by atoms with van der Waals surface area (Å²) >= 11 is 0. The second-order valence-electron chi connectivity index (χ2n) is 4.40. The average molecular weight is 250 g/mol. The highest BCUT2D eigenvalue weighted by Gasteiger charge is 2.12. The number of phenols is 1. The fourth-order valence-corrected chi connectivity index (χ4v) is 2.25. The first-order chi connectivity index (χ1) is 9.31. The summed E-state index contributed by atoms with van der Waals surface area (Å²) in [6, 6.07) is 13.0. The number of aromatic nitrogens is 4. The topological polar surface area (TPSA) is 77.6 Å². The highest BCUT2D eigenvalue weighted by molar-refractivity contribution is 5.93. The molecule has 0 atom stereocenters. The number of phenolic OH excluding ortho intramolecular Hbond substituents is 1. The number of H-pyrrole nitrogens is 2. The van der Waals surface area contributed by atoms with E-state index in [2.05, 4.69) is 20.2 Å². The number of nitrogens with one attached hydrogen (secondary N) is 2. The number of para-hydroxylation sites is 2. The predicted octanol–water partition coefficient (Wildman–Crippen LogP) is 2.81. The minimum Gasteiger partial charge on any atom is -0.508 e. The van der Waals surface area contributed by atoms with Crippen molar-refractivity contribution in [2.24, 2.45) is 0 Å². The molecule has 2 aromatic heterocycles. The molecular weight excluding hydrogens is 240 g/mol. The molecule has 0 aliphatic rings. The van der Waals surface area contributed by atoms with Crippen molar-refractivity contribution in [2.45, 2.75) is 0 Å². The third-order valence-electron chi connectivity index (χ3n) is 3.16. The summed E-state index contributed by atoms with van der Waals surface area (Å²) in [5.74, 6) is 0.936. The third kappa shape index (κ3) is 1.48. The summed E-state index contributed by atoms with van der Waals surface area (Å²) in [6.45, 7) is 0. The molecule has 2 aromatic carbocycles. The molecule has 3 N–H and O–H groups in total. The van der Waals surface area contributed by atoms with Gasteiger partial charge in [0.1, 0.15) is 11.4 Å². The van der Waals surface area contributed by atoms with Crippen LogP contribution in [0.25, 0.3) is 33.5 Å². The van der Waals surface area contributed by atoms with Crippen LogP contribution in [0.5, 0.6) is 5.75 Å². The van der Waals surface area contributed by atoms with Crippen LogP contribution in [-0.4, -0.2) is 25.3 Å². The van der Waals surface area contributed by atoms with Crippen molar-refractivity contribution in [1.29, 1.82) is 0 Å². The number of imidazole rings is 1. The quantitative estimate of drug-likeness (QED) is 0.486. The summed E-state index contributed by atoms with van der Waals surface area (Å²) < 4.78 is 0. The second kappa shape index (κ2) is 3.58. The van der Waals surface area contributed by atoms with Gasteiger partial charge < -0.3 is 10.1 Å². The van der Waals surface area contributed by atoms with Gasteiger partial charge in [-0.1, -0.05) is 12.1 Å². The van der Waals surface area contributed by atoms with Gasteiger partial charge in [0.25, 0.3) is 0 Å². The number of fused-ring (bicyclic) bond motifs is 2. The summed E-state index contributed by atoms with van der Waals surface area (Å²) in [5.41, 5.74) is 3.43. The van der Waals surface area contributed by atoms with Crippen LogP contribution in [0.4, 0.5) is 0 Å². The van der Waals surface area contributed by atoms with E-state index >= 15 is 0 Å². The maximum atomic E-state index is 9.45. The molecule has 0 saturated heterocycles. The molecule has 5 heteroatoms. The van der Waals surface area contributed by atoms with Crippen molar-refractivity contribution in [3.63, 3.8) is 0 Å². The zero-order valence-electron chi connectivity index (χ0n) is 9.88. The molecule has 0 fully saturated rings. The SMILES string of the molecule is Oc1ccc2c(-c3nc4ccccc4[nH]3)n[nH]c2c1. The maximum absolute atomic E-state index is 9.45. The van der Waals surface area contributed by atoms with Gasteiger partial charge in [0.15, 0.2) is 5.82 Å². The van der Waals surface area contributed by atoms with Crippen LogP contribution >= 0.6 is 0 Å². The number of rotatable bonds is 1. The summed E-state index contributed by atoms with van der Waals surface area (Å²) in [7, 11) is 0. The van der Waals surface area contributed by atoms with Crippen molar-refractivity contribution in [1.82, 2.24) is 20.2 Å². The predicted molar refractivity (Wildman–Crippen MR) is 72.8 cm³/mol. The molecule has 0 aliphatic carbocycles. The molecule has 0 bridgehead atoms. The van der Waals surface area contributed by atoms with Gasteiger partial charge in [-0.25, -0.2) is 4.98 Å². The molecule has 0 spiro atoms. The van der Waals surface area contributed by atoms with Crippen LogP contribution in [0.1, 0.15) is 0 Å². The zero-order chi connectivity index (χ0) is 12.8. The molecule has 92 valence electrons. The van der Waals surface area contributed by atoms with Crippen molar-refractivity contribution >= 4 is 21.9 Å². The number of aromatic amines is 2. The largest absolute Gasteiger partial charge is 0.508 e. The Labute approximate surface area is 107 Å². The van der Waals surface area contributed by atoms with Gasteiger partial charge in [-0.2, -0.15) is 5.10 Å².